The predicted octanol–water partition coefficient (Wildman–Crippen LogP) is 2.62. The first-order chi connectivity index (χ1) is 6.76. The fraction of sp³-hybridized carbons (Fsp3) is 0.300. The van der Waals surface area contributed by atoms with Gasteiger partial charge in [0, 0.05) is 0 Å². The zero-order valence-electron chi connectivity index (χ0n) is 8.33. The number of hydrogen-bond acceptors (Lipinski definition) is 4. The maximum atomic E-state index is 5.28. The van der Waals surface area contributed by atoms with Gasteiger partial charge in [-0.05, 0) is 19.1 Å². The molecule has 0 aliphatic heterocycles. The van der Waals surface area contributed by atoms with Gasteiger partial charge in [-0.2, -0.15) is 0 Å². The highest BCUT2D eigenvalue weighted by Crippen LogP contribution is 2.36. The normalized spacial score (nSPS) is 10.5. The highest BCUT2D eigenvalue weighted by atomic mass is 32.1. The molecule has 0 saturated heterocycles. The summed E-state index contributed by atoms with van der Waals surface area (Å²) < 4.78 is 11.6. The van der Waals surface area contributed by atoms with Crippen LogP contribution in [0.2, 0.25) is 0 Å². The molecule has 0 atom stereocenters. The fourth-order valence-corrected chi connectivity index (χ4v) is 2.25. The Kier molecular flexibility index (Phi) is 2.29. The van der Waals surface area contributed by atoms with Gasteiger partial charge in [0.1, 0.15) is 5.52 Å². The first kappa shape index (κ1) is 9.27. The highest BCUT2D eigenvalue weighted by molar-refractivity contribution is 7.18. The van der Waals surface area contributed by atoms with E-state index in [1.165, 1.54) is 0 Å². The van der Waals surface area contributed by atoms with Crippen LogP contribution >= 0.6 is 11.3 Å². The van der Waals surface area contributed by atoms with Crippen molar-refractivity contribution in [1.82, 2.24) is 4.98 Å². The second-order valence-electron chi connectivity index (χ2n) is 2.88. The van der Waals surface area contributed by atoms with Crippen LogP contribution < -0.4 is 9.47 Å². The van der Waals surface area contributed by atoms with Crippen LogP contribution in [0.15, 0.2) is 12.1 Å². The van der Waals surface area contributed by atoms with Crippen molar-refractivity contribution in [2.45, 2.75) is 6.92 Å². The van der Waals surface area contributed by atoms with Gasteiger partial charge in [-0.15, -0.1) is 11.3 Å². The van der Waals surface area contributed by atoms with Gasteiger partial charge in [-0.1, -0.05) is 0 Å². The predicted molar refractivity (Wildman–Crippen MR) is 57.5 cm³/mol. The zero-order valence-corrected chi connectivity index (χ0v) is 9.14. The first-order valence-electron chi connectivity index (χ1n) is 4.24. The van der Waals surface area contributed by atoms with Gasteiger partial charge in [0.15, 0.2) is 11.5 Å². The van der Waals surface area contributed by atoms with Crippen LogP contribution in [-0.2, 0) is 0 Å². The van der Waals surface area contributed by atoms with Gasteiger partial charge >= 0.3 is 0 Å². The summed E-state index contributed by atoms with van der Waals surface area (Å²) in [5.41, 5.74) is 0.884. The Morgan fingerprint density at radius 3 is 2.64 bits per heavy atom. The van der Waals surface area contributed by atoms with Crippen LogP contribution in [0.5, 0.6) is 11.5 Å². The number of aryl methyl sites for hydroxylation is 1. The van der Waals surface area contributed by atoms with E-state index in [1.807, 2.05) is 19.1 Å². The third-order valence-electron chi connectivity index (χ3n) is 2.01. The number of thiazole rings is 1. The molecule has 3 nitrogen and oxygen atoms in total. The number of aromatic nitrogens is 1. The molecule has 0 unspecified atom stereocenters. The molecule has 1 heterocycles. The van der Waals surface area contributed by atoms with E-state index in [0.717, 1.165) is 21.0 Å². The van der Waals surface area contributed by atoms with E-state index in [2.05, 4.69) is 4.98 Å². The Morgan fingerprint density at radius 2 is 2.00 bits per heavy atom. The number of rotatable bonds is 2. The van der Waals surface area contributed by atoms with E-state index < -0.39 is 0 Å². The molecule has 1 aromatic carbocycles. The van der Waals surface area contributed by atoms with Crippen LogP contribution in [0, 0.1) is 6.92 Å². The molecule has 0 N–H and O–H groups in total. The molecule has 2 aromatic rings. The highest BCUT2D eigenvalue weighted by Gasteiger charge is 2.11. The van der Waals surface area contributed by atoms with Crippen LogP contribution in [0.3, 0.4) is 0 Å². The summed E-state index contributed by atoms with van der Waals surface area (Å²) in [5, 5.41) is 1.03. The fourth-order valence-electron chi connectivity index (χ4n) is 1.42. The Morgan fingerprint density at radius 1 is 1.21 bits per heavy atom. The van der Waals surface area contributed by atoms with E-state index in [-0.39, 0.29) is 0 Å². The monoisotopic (exact) mass is 209 g/mol. The molecular formula is C10H11NO2S. The lowest BCUT2D eigenvalue weighted by Gasteiger charge is -2.06. The SMILES string of the molecule is COc1ccc2sc(C)nc2c1OC. The van der Waals surface area contributed by atoms with Crippen molar-refractivity contribution in [2.24, 2.45) is 0 Å². The molecule has 14 heavy (non-hydrogen) atoms. The van der Waals surface area contributed by atoms with E-state index in [1.54, 1.807) is 25.6 Å². The van der Waals surface area contributed by atoms with Crippen LogP contribution in [0.4, 0.5) is 0 Å². The lowest BCUT2D eigenvalue weighted by Crippen LogP contribution is -1.90. The summed E-state index contributed by atoms with van der Waals surface area (Å²) in [6.07, 6.45) is 0. The third kappa shape index (κ3) is 1.32. The summed E-state index contributed by atoms with van der Waals surface area (Å²) in [4.78, 5) is 4.41. The topological polar surface area (TPSA) is 31.4 Å². The van der Waals surface area contributed by atoms with E-state index in [0.29, 0.717) is 5.75 Å². The van der Waals surface area contributed by atoms with Gasteiger partial charge in [-0.3, -0.25) is 0 Å². The Hall–Kier alpha value is -1.29. The Labute approximate surface area is 86.3 Å². The van der Waals surface area contributed by atoms with Gasteiger partial charge in [-0.25, -0.2) is 4.98 Å². The van der Waals surface area contributed by atoms with E-state index >= 15 is 0 Å². The van der Waals surface area contributed by atoms with Crippen molar-refractivity contribution >= 4 is 21.6 Å². The van der Waals surface area contributed by atoms with Gasteiger partial charge < -0.3 is 9.47 Å². The minimum atomic E-state index is 0.717. The van der Waals surface area contributed by atoms with Gasteiger partial charge in [0.05, 0.1) is 23.9 Å². The van der Waals surface area contributed by atoms with Gasteiger partial charge in [0.25, 0.3) is 0 Å². The second-order valence-corrected chi connectivity index (χ2v) is 4.12. The number of methoxy groups -OCH3 is 2. The number of hydrogen-bond donors (Lipinski definition) is 0. The molecule has 74 valence electrons. The molecule has 2 rings (SSSR count). The number of fused-ring (bicyclic) bond motifs is 1. The third-order valence-corrected chi connectivity index (χ3v) is 2.95. The van der Waals surface area contributed by atoms with E-state index in [4.69, 9.17) is 9.47 Å². The molecule has 0 bridgehead atoms. The summed E-state index contributed by atoms with van der Waals surface area (Å²) in [6, 6.07) is 3.90. The smallest absolute Gasteiger partial charge is 0.188 e. The van der Waals surface area contributed by atoms with Crippen LogP contribution in [0.25, 0.3) is 10.2 Å². The Bertz CT molecular complexity index is 464. The standard InChI is InChI=1S/C10H11NO2S/c1-6-11-9-8(14-6)5-4-7(12-2)10(9)13-3/h4-5H,1-3H3. The van der Waals surface area contributed by atoms with Crippen molar-refractivity contribution < 1.29 is 9.47 Å². The average molecular weight is 209 g/mol. The maximum Gasteiger partial charge on any atom is 0.188 e. The molecule has 0 amide bonds. The van der Waals surface area contributed by atoms with Crippen molar-refractivity contribution in [2.75, 3.05) is 14.2 Å². The second kappa shape index (κ2) is 3.46. The van der Waals surface area contributed by atoms with Crippen molar-refractivity contribution in [1.29, 1.82) is 0 Å². The minimum absolute atomic E-state index is 0.717. The minimum Gasteiger partial charge on any atom is -0.493 e. The summed E-state index contributed by atoms with van der Waals surface area (Å²) >= 11 is 1.65. The first-order valence-corrected chi connectivity index (χ1v) is 5.06. The average Bonchev–Trinajstić information content (AvgIpc) is 2.56. The van der Waals surface area contributed by atoms with Crippen molar-refractivity contribution in [3.05, 3.63) is 17.1 Å². The van der Waals surface area contributed by atoms with E-state index in [9.17, 15) is 0 Å². The molecule has 0 spiro atoms. The lowest BCUT2D eigenvalue weighted by atomic mass is 10.3. The molecule has 0 aliphatic carbocycles. The van der Waals surface area contributed by atoms with Crippen molar-refractivity contribution in [3.63, 3.8) is 0 Å². The molecule has 1 aromatic heterocycles. The molecule has 0 radical (unpaired) electrons. The lowest BCUT2D eigenvalue weighted by molar-refractivity contribution is 0.358. The summed E-state index contributed by atoms with van der Waals surface area (Å²) in [6.45, 7) is 1.98. The van der Waals surface area contributed by atoms with Crippen LogP contribution in [0.1, 0.15) is 5.01 Å². The van der Waals surface area contributed by atoms with Crippen molar-refractivity contribution in [3.8, 4) is 11.5 Å². The molecule has 0 saturated carbocycles. The van der Waals surface area contributed by atoms with Crippen LogP contribution in [-0.4, -0.2) is 19.2 Å². The number of nitrogens with zero attached hydrogens (tertiary/aromatic N) is 1. The zero-order chi connectivity index (χ0) is 10.1. The van der Waals surface area contributed by atoms with Gasteiger partial charge in [0.2, 0.25) is 0 Å². The Balaban J connectivity index is 2.75. The summed E-state index contributed by atoms with van der Waals surface area (Å²) in [7, 11) is 3.26. The molecular weight excluding hydrogens is 198 g/mol. The largest absolute Gasteiger partial charge is 0.493 e. The summed E-state index contributed by atoms with van der Waals surface area (Å²) in [5.74, 6) is 1.44. The molecule has 0 fully saturated rings. The number of ether oxygens (including phenoxy) is 2. The number of benzene rings is 1. The molecule has 4 heteroatoms. The quantitative estimate of drug-likeness (QED) is 0.762. The maximum absolute atomic E-state index is 5.28. The molecule has 0 aliphatic rings.